The summed E-state index contributed by atoms with van der Waals surface area (Å²) in [6.45, 7) is 1.91. The van der Waals surface area contributed by atoms with E-state index in [0.29, 0.717) is 56.5 Å². The van der Waals surface area contributed by atoms with Crippen molar-refractivity contribution in [3.05, 3.63) is 71.2 Å². The third-order valence-electron chi connectivity index (χ3n) is 6.98. The third kappa shape index (κ3) is 4.61. The van der Waals surface area contributed by atoms with E-state index in [4.69, 9.17) is 9.84 Å². The van der Waals surface area contributed by atoms with Crippen molar-refractivity contribution >= 4 is 56.6 Å². The third-order valence-corrected chi connectivity index (χ3v) is 8.08. The van der Waals surface area contributed by atoms with Gasteiger partial charge in [-0.2, -0.15) is 0 Å². The molecule has 198 valence electrons. The predicted octanol–water partition coefficient (Wildman–Crippen LogP) is 6.00. The standard InChI is InChI=1S/C28H25N5O5S/c1-15-14-17(38-16-6-3-2-4-7-16)10-11-20(15)33-21-12-13-29-26-22(21)23(32-27(33)35)24(39-26)25(34)30-18-8-5-9-19(18)31-28(36)37/h2-4,6-7,10-14,18-19,31H,5,8-9H2,1H3,(H,30,34)(H,32,35)(H,36,37)/t18-,19+/m1/s1. The number of pyridine rings is 1. The summed E-state index contributed by atoms with van der Waals surface area (Å²) < 4.78 is 5.95. The van der Waals surface area contributed by atoms with Crippen LogP contribution < -0.4 is 25.6 Å². The lowest BCUT2D eigenvalue weighted by molar-refractivity contribution is 0.0935. The summed E-state index contributed by atoms with van der Waals surface area (Å²) in [7, 11) is 0. The SMILES string of the molecule is Cc1cc(Oc2ccccc2)ccc1N1C(=O)Nc2c(C(=O)N[C@@H]3CCC[C@@H]3NC(=O)O)sc3nccc1c23. The van der Waals surface area contributed by atoms with Crippen LogP contribution in [0.4, 0.5) is 26.7 Å². The fourth-order valence-corrected chi connectivity index (χ4v) is 6.27. The van der Waals surface area contributed by atoms with Gasteiger partial charge in [-0.25, -0.2) is 14.6 Å². The summed E-state index contributed by atoms with van der Waals surface area (Å²) in [6, 6.07) is 15.7. The maximum Gasteiger partial charge on any atom is 0.404 e. The van der Waals surface area contributed by atoms with Crippen molar-refractivity contribution in [1.29, 1.82) is 0 Å². The smallest absolute Gasteiger partial charge is 0.404 e. The van der Waals surface area contributed by atoms with Crippen molar-refractivity contribution in [1.82, 2.24) is 15.6 Å². The molecule has 0 unspecified atom stereocenters. The Labute approximate surface area is 227 Å². The van der Waals surface area contributed by atoms with Gasteiger partial charge in [0.05, 0.1) is 28.5 Å². The summed E-state index contributed by atoms with van der Waals surface area (Å²) in [5.41, 5.74) is 2.55. The minimum absolute atomic E-state index is 0.325. The molecule has 6 rings (SSSR count). The Morgan fingerprint density at radius 3 is 2.56 bits per heavy atom. The zero-order valence-corrected chi connectivity index (χ0v) is 21.7. The van der Waals surface area contributed by atoms with Crippen molar-refractivity contribution in [2.75, 3.05) is 10.2 Å². The molecule has 1 aliphatic carbocycles. The van der Waals surface area contributed by atoms with Gasteiger partial charge in [0.15, 0.2) is 0 Å². The van der Waals surface area contributed by atoms with E-state index in [9.17, 15) is 14.4 Å². The molecular weight excluding hydrogens is 518 g/mol. The molecule has 11 heteroatoms. The van der Waals surface area contributed by atoms with Gasteiger partial charge in [-0.15, -0.1) is 11.3 Å². The van der Waals surface area contributed by atoms with Crippen molar-refractivity contribution in [3.63, 3.8) is 0 Å². The van der Waals surface area contributed by atoms with E-state index in [0.717, 1.165) is 12.0 Å². The number of aryl methyl sites for hydroxylation is 1. The number of carbonyl (C=O) groups is 3. The second-order valence-electron chi connectivity index (χ2n) is 9.51. The highest BCUT2D eigenvalue weighted by Crippen LogP contribution is 2.46. The average Bonchev–Trinajstić information content (AvgIpc) is 3.50. The maximum absolute atomic E-state index is 13.5. The van der Waals surface area contributed by atoms with Crippen LogP contribution in [0, 0.1) is 6.92 Å². The predicted molar refractivity (Wildman–Crippen MR) is 149 cm³/mol. The number of nitrogens with zero attached hydrogens (tertiary/aromatic N) is 2. The van der Waals surface area contributed by atoms with E-state index in [1.807, 2.05) is 55.5 Å². The Morgan fingerprint density at radius 1 is 1.05 bits per heavy atom. The first-order valence-electron chi connectivity index (χ1n) is 12.6. The molecule has 1 fully saturated rings. The number of carbonyl (C=O) groups excluding carboxylic acids is 2. The van der Waals surface area contributed by atoms with Gasteiger partial charge in [0, 0.05) is 12.2 Å². The van der Waals surface area contributed by atoms with Gasteiger partial charge in [-0.05, 0) is 68.1 Å². The molecule has 1 aliphatic heterocycles. The van der Waals surface area contributed by atoms with Crippen LogP contribution in [0.15, 0.2) is 60.8 Å². The molecule has 0 saturated heterocycles. The molecule has 0 spiro atoms. The fraction of sp³-hybridized carbons (Fsp3) is 0.214. The van der Waals surface area contributed by atoms with Crippen molar-refractivity contribution in [2.45, 2.75) is 38.3 Å². The minimum Gasteiger partial charge on any atom is -0.465 e. The highest BCUT2D eigenvalue weighted by molar-refractivity contribution is 7.21. The lowest BCUT2D eigenvalue weighted by Crippen LogP contribution is -2.48. The van der Waals surface area contributed by atoms with Crippen LogP contribution in [0.5, 0.6) is 11.5 Å². The number of anilines is 3. The lowest BCUT2D eigenvalue weighted by Gasteiger charge is -2.29. The van der Waals surface area contributed by atoms with E-state index in [1.54, 1.807) is 17.2 Å². The van der Waals surface area contributed by atoms with Crippen molar-refractivity contribution in [3.8, 4) is 11.5 Å². The van der Waals surface area contributed by atoms with Crippen LogP contribution in [-0.4, -0.2) is 40.2 Å². The number of aromatic nitrogens is 1. The molecule has 39 heavy (non-hydrogen) atoms. The molecule has 0 bridgehead atoms. The number of carboxylic acid groups (broad SMARTS) is 1. The summed E-state index contributed by atoms with van der Waals surface area (Å²) in [5.74, 6) is 1.00. The van der Waals surface area contributed by atoms with Gasteiger partial charge in [-0.1, -0.05) is 18.2 Å². The van der Waals surface area contributed by atoms with Crippen LogP contribution in [0.25, 0.3) is 10.2 Å². The largest absolute Gasteiger partial charge is 0.465 e. The maximum atomic E-state index is 13.5. The molecule has 1 saturated carbocycles. The van der Waals surface area contributed by atoms with Gasteiger partial charge < -0.3 is 25.8 Å². The molecule has 4 N–H and O–H groups in total. The van der Waals surface area contributed by atoms with Crippen LogP contribution in [-0.2, 0) is 0 Å². The molecule has 4 aromatic rings. The van der Waals surface area contributed by atoms with Gasteiger partial charge in [0.25, 0.3) is 5.91 Å². The first-order chi connectivity index (χ1) is 18.9. The molecule has 0 radical (unpaired) electrons. The van der Waals surface area contributed by atoms with E-state index in [1.165, 1.54) is 11.3 Å². The van der Waals surface area contributed by atoms with E-state index >= 15 is 0 Å². The van der Waals surface area contributed by atoms with Gasteiger partial charge >= 0.3 is 12.1 Å². The molecule has 4 amide bonds. The van der Waals surface area contributed by atoms with Crippen molar-refractivity contribution < 1.29 is 24.2 Å². The first kappa shape index (κ1) is 24.7. The Morgan fingerprint density at radius 2 is 1.82 bits per heavy atom. The molecule has 2 aliphatic rings. The van der Waals surface area contributed by atoms with E-state index in [-0.39, 0.29) is 18.0 Å². The van der Waals surface area contributed by atoms with Gasteiger partial charge in [0.2, 0.25) is 0 Å². The van der Waals surface area contributed by atoms with Crippen LogP contribution in [0.3, 0.4) is 0 Å². The molecule has 2 aromatic carbocycles. The van der Waals surface area contributed by atoms with Gasteiger partial charge in [0.1, 0.15) is 21.2 Å². The molecule has 2 atom stereocenters. The van der Waals surface area contributed by atoms with Crippen LogP contribution >= 0.6 is 11.3 Å². The second kappa shape index (κ2) is 9.91. The number of rotatable bonds is 6. The highest BCUT2D eigenvalue weighted by Gasteiger charge is 2.35. The molecular formula is C28H25N5O5S. The molecule has 10 nitrogen and oxygen atoms in total. The van der Waals surface area contributed by atoms with Crippen molar-refractivity contribution in [2.24, 2.45) is 0 Å². The zero-order chi connectivity index (χ0) is 27.1. The monoisotopic (exact) mass is 543 g/mol. The highest BCUT2D eigenvalue weighted by atomic mass is 32.1. The number of ether oxygens (including phenoxy) is 1. The number of nitrogens with one attached hydrogen (secondary N) is 3. The number of hydrogen-bond acceptors (Lipinski definition) is 6. The van der Waals surface area contributed by atoms with Crippen LogP contribution in [0.1, 0.15) is 34.5 Å². The fourth-order valence-electron chi connectivity index (χ4n) is 5.25. The molecule has 2 aromatic heterocycles. The van der Waals surface area contributed by atoms with E-state index in [2.05, 4.69) is 20.9 Å². The number of amides is 4. The Balaban J connectivity index is 1.31. The second-order valence-corrected chi connectivity index (χ2v) is 10.5. The topological polar surface area (TPSA) is 133 Å². The quantitative estimate of drug-likeness (QED) is 0.236. The number of benzene rings is 2. The van der Waals surface area contributed by atoms with E-state index < -0.39 is 12.1 Å². The number of para-hydroxylation sites is 1. The normalized spacial score (nSPS) is 18.1. The Kier molecular flexibility index (Phi) is 6.27. The summed E-state index contributed by atoms with van der Waals surface area (Å²) in [6.07, 6.45) is 2.64. The number of thiophene rings is 1. The lowest BCUT2D eigenvalue weighted by atomic mass is 10.1. The Bertz CT molecular complexity index is 1600. The number of hydrogen-bond donors (Lipinski definition) is 4. The zero-order valence-electron chi connectivity index (χ0n) is 20.9. The average molecular weight is 544 g/mol. The minimum atomic E-state index is -1.12. The van der Waals surface area contributed by atoms with Crippen LogP contribution in [0.2, 0.25) is 0 Å². The molecule has 3 heterocycles. The number of urea groups is 1. The summed E-state index contributed by atoms with van der Waals surface area (Å²) >= 11 is 1.20. The Hall–Kier alpha value is -4.64. The summed E-state index contributed by atoms with van der Waals surface area (Å²) in [4.78, 5) is 44.9. The first-order valence-corrected chi connectivity index (χ1v) is 13.4. The van der Waals surface area contributed by atoms with Gasteiger partial charge in [-0.3, -0.25) is 9.69 Å². The summed E-state index contributed by atoms with van der Waals surface area (Å²) in [5, 5.41) is 18.2.